The summed E-state index contributed by atoms with van der Waals surface area (Å²) in [5.41, 5.74) is 6.44. The normalized spacial score (nSPS) is 10.5. The lowest BCUT2D eigenvalue weighted by Gasteiger charge is -2.16. The molecule has 1 aromatic rings. The van der Waals surface area contributed by atoms with Crippen LogP contribution in [-0.4, -0.2) is 35.9 Å². The lowest BCUT2D eigenvalue weighted by Crippen LogP contribution is -2.34. The molecule has 0 saturated heterocycles. The van der Waals surface area contributed by atoms with Gasteiger partial charge in [0.15, 0.2) is 0 Å². The Hall–Kier alpha value is -1.53. The van der Waals surface area contributed by atoms with Gasteiger partial charge in [-0.25, -0.2) is 4.39 Å². The van der Waals surface area contributed by atoms with Crippen molar-refractivity contribution in [2.75, 3.05) is 20.1 Å². The molecular weight excluding hydrogens is 265 g/mol. The Morgan fingerprint density at radius 1 is 1.53 bits per heavy atom. The molecule has 0 unspecified atom stereocenters. The van der Waals surface area contributed by atoms with Crippen LogP contribution in [0.5, 0.6) is 0 Å². The molecule has 0 aliphatic carbocycles. The van der Waals surface area contributed by atoms with E-state index in [1.165, 1.54) is 6.07 Å². The molecule has 0 aromatic heterocycles. The van der Waals surface area contributed by atoms with Crippen LogP contribution in [-0.2, 0) is 11.3 Å². The third-order valence-corrected chi connectivity index (χ3v) is 2.80. The molecular formula is C13H18FN3OS. The monoisotopic (exact) mass is 283 g/mol. The van der Waals surface area contributed by atoms with Gasteiger partial charge in [-0.3, -0.25) is 9.69 Å². The van der Waals surface area contributed by atoms with Crippen molar-refractivity contribution >= 4 is 23.1 Å². The molecule has 1 aromatic carbocycles. The van der Waals surface area contributed by atoms with Gasteiger partial charge in [-0.15, -0.1) is 0 Å². The van der Waals surface area contributed by atoms with Crippen molar-refractivity contribution in [1.29, 1.82) is 0 Å². The Labute approximate surface area is 117 Å². The van der Waals surface area contributed by atoms with Crippen LogP contribution >= 0.6 is 12.2 Å². The van der Waals surface area contributed by atoms with Gasteiger partial charge in [0.05, 0.1) is 6.54 Å². The van der Waals surface area contributed by atoms with E-state index in [9.17, 15) is 9.18 Å². The zero-order chi connectivity index (χ0) is 14.4. The second-order valence-electron chi connectivity index (χ2n) is 4.30. The molecule has 0 heterocycles. The van der Waals surface area contributed by atoms with Crippen molar-refractivity contribution in [2.24, 2.45) is 5.73 Å². The number of rotatable bonds is 6. The maximum atomic E-state index is 13.8. The van der Waals surface area contributed by atoms with Gasteiger partial charge in [-0.1, -0.05) is 24.4 Å². The smallest absolute Gasteiger partial charge is 0.234 e. The van der Waals surface area contributed by atoms with Crippen molar-refractivity contribution in [2.45, 2.75) is 13.5 Å². The number of nitrogens with two attached hydrogens (primary N) is 1. The first-order chi connectivity index (χ1) is 8.93. The number of nitrogens with zero attached hydrogens (tertiary/aromatic N) is 1. The molecule has 0 spiro atoms. The fourth-order valence-electron chi connectivity index (χ4n) is 1.67. The minimum atomic E-state index is -0.368. The highest BCUT2D eigenvalue weighted by atomic mass is 32.1. The van der Waals surface area contributed by atoms with Crippen LogP contribution < -0.4 is 11.1 Å². The Kier molecular flexibility index (Phi) is 5.85. The predicted octanol–water partition coefficient (Wildman–Crippen LogP) is 1.03. The van der Waals surface area contributed by atoms with Crippen LogP contribution in [0.15, 0.2) is 18.2 Å². The van der Waals surface area contributed by atoms with Crippen LogP contribution in [0.1, 0.15) is 18.1 Å². The first-order valence-electron chi connectivity index (χ1n) is 5.97. The standard InChI is InChI=1S/C13H18FN3OS/c1-3-16-12(18)8-17(2)7-10-5-4-9(13(15)19)6-11(10)14/h4-6H,3,7-8H2,1-2H3,(H2,15,19)(H,16,18). The highest BCUT2D eigenvalue weighted by Crippen LogP contribution is 2.12. The Bertz CT molecular complexity index is 479. The van der Waals surface area contributed by atoms with Gasteiger partial charge in [0.2, 0.25) is 5.91 Å². The Morgan fingerprint density at radius 3 is 2.74 bits per heavy atom. The third-order valence-electron chi connectivity index (χ3n) is 2.57. The number of amides is 1. The molecule has 0 radical (unpaired) electrons. The summed E-state index contributed by atoms with van der Waals surface area (Å²) in [5.74, 6) is -0.446. The Balaban J connectivity index is 2.66. The molecule has 1 rings (SSSR count). The molecule has 0 saturated carbocycles. The summed E-state index contributed by atoms with van der Waals surface area (Å²) in [5, 5.41) is 2.69. The van der Waals surface area contributed by atoms with E-state index in [0.29, 0.717) is 24.2 Å². The number of carbonyl (C=O) groups excluding carboxylic acids is 1. The van der Waals surface area contributed by atoms with Crippen molar-refractivity contribution in [3.8, 4) is 0 Å². The first-order valence-corrected chi connectivity index (χ1v) is 6.38. The average molecular weight is 283 g/mol. The number of halogens is 1. The fourth-order valence-corrected chi connectivity index (χ4v) is 1.80. The predicted molar refractivity (Wildman–Crippen MR) is 77.3 cm³/mol. The summed E-state index contributed by atoms with van der Waals surface area (Å²) in [6.07, 6.45) is 0. The largest absolute Gasteiger partial charge is 0.389 e. The number of hydrogen-bond acceptors (Lipinski definition) is 3. The van der Waals surface area contributed by atoms with Crippen molar-refractivity contribution in [3.63, 3.8) is 0 Å². The topological polar surface area (TPSA) is 58.4 Å². The summed E-state index contributed by atoms with van der Waals surface area (Å²) < 4.78 is 13.8. The van der Waals surface area contributed by atoms with E-state index in [-0.39, 0.29) is 23.3 Å². The molecule has 0 atom stereocenters. The van der Waals surface area contributed by atoms with Crippen molar-refractivity contribution < 1.29 is 9.18 Å². The van der Waals surface area contributed by atoms with E-state index in [2.05, 4.69) is 5.32 Å². The third kappa shape index (κ3) is 4.92. The van der Waals surface area contributed by atoms with Gasteiger partial charge >= 0.3 is 0 Å². The van der Waals surface area contributed by atoms with Gasteiger partial charge in [0.25, 0.3) is 0 Å². The maximum Gasteiger partial charge on any atom is 0.234 e. The summed E-state index contributed by atoms with van der Waals surface area (Å²) >= 11 is 4.79. The van der Waals surface area contributed by atoms with Crippen LogP contribution in [0, 0.1) is 5.82 Å². The van der Waals surface area contributed by atoms with Gasteiger partial charge in [0.1, 0.15) is 10.8 Å². The zero-order valence-electron chi connectivity index (χ0n) is 11.1. The molecule has 3 N–H and O–H groups in total. The minimum absolute atomic E-state index is 0.0786. The van der Waals surface area contributed by atoms with E-state index < -0.39 is 0 Å². The van der Waals surface area contributed by atoms with Crippen LogP contribution in [0.4, 0.5) is 4.39 Å². The SMILES string of the molecule is CCNC(=O)CN(C)Cc1ccc(C(N)=S)cc1F. The lowest BCUT2D eigenvalue weighted by atomic mass is 10.1. The number of thiocarbonyl (C=S) groups is 1. The molecule has 0 bridgehead atoms. The van der Waals surface area contributed by atoms with Crippen LogP contribution in [0.25, 0.3) is 0 Å². The number of hydrogen-bond donors (Lipinski definition) is 2. The lowest BCUT2D eigenvalue weighted by molar-refractivity contribution is -0.121. The fraction of sp³-hybridized carbons (Fsp3) is 0.385. The van der Waals surface area contributed by atoms with E-state index in [1.54, 1.807) is 24.1 Å². The van der Waals surface area contributed by atoms with E-state index in [1.807, 2.05) is 6.92 Å². The van der Waals surface area contributed by atoms with Gasteiger partial charge in [-0.2, -0.15) is 0 Å². The van der Waals surface area contributed by atoms with E-state index >= 15 is 0 Å². The number of benzene rings is 1. The molecule has 0 aliphatic rings. The van der Waals surface area contributed by atoms with Crippen molar-refractivity contribution in [3.05, 3.63) is 35.1 Å². The second kappa shape index (κ2) is 7.16. The zero-order valence-corrected chi connectivity index (χ0v) is 11.9. The average Bonchev–Trinajstić information content (AvgIpc) is 2.31. The second-order valence-corrected chi connectivity index (χ2v) is 4.74. The van der Waals surface area contributed by atoms with E-state index in [0.717, 1.165) is 0 Å². The van der Waals surface area contributed by atoms with Gasteiger partial charge < -0.3 is 11.1 Å². The summed E-state index contributed by atoms with van der Waals surface area (Å²) in [6, 6.07) is 4.64. The van der Waals surface area contributed by atoms with E-state index in [4.69, 9.17) is 18.0 Å². The molecule has 19 heavy (non-hydrogen) atoms. The summed E-state index contributed by atoms with van der Waals surface area (Å²) in [4.78, 5) is 13.3. The van der Waals surface area contributed by atoms with Gasteiger partial charge in [0, 0.05) is 24.2 Å². The van der Waals surface area contributed by atoms with Crippen LogP contribution in [0.2, 0.25) is 0 Å². The molecule has 0 aliphatic heterocycles. The minimum Gasteiger partial charge on any atom is -0.389 e. The summed E-state index contributed by atoms with van der Waals surface area (Å²) in [6.45, 7) is 3.01. The highest BCUT2D eigenvalue weighted by Gasteiger charge is 2.10. The molecule has 104 valence electrons. The molecule has 0 fully saturated rings. The van der Waals surface area contributed by atoms with Gasteiger partial charge in [-0.05, 0) is 20.0 Å². The number of nitrogens with one attached hydrogen (secondary N) is 1. The molecule has 1 amide bonds. The maximum absolute atomic E-state index is 13.8. The quantitative estimate of drug-likeness (QED) is 0.766. The number of carbonyl (C=O) groups is 1. The van der Waals surface area contributed by atoms with Crippen molar-refractivity contribution in [1.82, 2.24) is 10.2 Å². The first kappa shape index (κ1) is 15.5. The Morgan fingerprint density at radius 2 is 2.21 bits per heavy atom. The molecule has 4 nitrogen and oxygen atoms in total. The highest BCUT2D eigenvalue weighted by molar-refractivity contribution is 7.80. The summed E-state index contributed by atoms with van der Waals surface area (Å²) in [7, 11) is 1.76. The number of likely N-dealkylation sites (N-methyl/N-ethyl adjacent to an activating group) is 2. The molecule has 6 heteroatoms. The van der Waals surface area contributed by atoms with Crippen LogP contribution in [0.3, 0.4) is 0 Å².